The minimum atomic E-state index is 0.575. The van der Waals surface area contributed by atoms with Crippen molar-refractivity contribution in [1.29, 1.82) is 0 Å². The minimum absolute atomic E-state index is 0.575. The van der Waals surface area contributed by atoms with Crippen molar-refractivity contribution in [2.24, 2.45) is 0 Å². The molecular formula is C17H23N3. The van der Waals surface area contributed by atoms with Gasteiger partial charge >= 0.3 is 0 Å². The molecule has 0 radical (unpaired) electrons. The van der Waals surface area contributed by atoms with Crippen LogP contribution in [0.5, 0.6) is 0 Å². The average molecular weight is 269 g/mol. The van der Waals surface area contributed by atoms with Gasteiger partial charge in [0.1, 0.15) is 0 Å². The summed E-state index contributed by atoms with van der Waals surface area (Å²) in [4.78, 5) is 7.07. The van der Waals surface area contributed by atoms with Crippen LogP contribution >= 0.6 is 0 Å². The number of aromatic nitrogens is 1. The molecule has 3 rings (SSSR count). The van der Waals surface area contributed by atoms with Crippen LogP contribution in [0.4, 0.5) is 0 Å². The van der Waals surface area contributed by atoms with E-state index in [1.54, 1.807) is 0 Å². The molecule has 1 N–H and O–H groups in total. The molecule has 0 saturated carbocycles. The van der Waals surface area contributed by atoms with Gasteiger partial charge in [-0.3, -0.25) is 9.88 Å². The SMILES string of the molecule is CCC1CNC(C)CN1Cc1ccnc2ccccc12. The highest BCUT2D eigenvalue weighted by Gasteiger charge is 2.24. The molecule has 1 aliphatic rings. The quantitative estimate of drug-likeness (QED) is 0.928. The number of piperazine rings is 1. The molecule has 20 heavy (non-hydrogen) atoms. The van der Waals surface area contributed by atoms with Crippen molar-refractivity contribution < 1.29 is 0 Å². The van der Waals surface area contributed by atoms with Gasteiger partial charge in [0, 0.05) is 43.3 Å². The predicted molar refractivity (Wildman–Crippen MR) is 83.7 cm³/mol. The molecule has 1 aromatic carbocycles. The Bertz CT molecular complexity index is 576. The van der Waals surface area contributed by atoms with Crippen LogP contribution in [0.15, 0.2) is 36.5 Å². The summed E-state index contributed by atoms with van der Waals surface area (Å²) in [5, 5.41) is 4.87. The highest BCUT2D eigenvalue weighted by atomic mass is 15.2. The molecule has 3 nitrogen and oxygen atoms in total. The van der Waals surface area contributed by atoms with Gasteiger partial charge in [-0.05, 0) is 31.0 Å². The minimum Gasteiger partial charge on any atom is -0.311 e. The zero-order valence-corrected chi connectivity index (χ0v) is 12.3. The van der Waals surface area contributed by atoms with Crippen molar-refractivity contribution >= 4 is 10.9 Å². The standard InChI is InChI=1S/C17H23N3/c1-3-15-10-19-13(2)11-20(15)12-14-8-9-18-17-7-5-4-6-16(14)17/h4-9,13,15,19H,3,10-12H2,1-2H3. The lowest BCUT2D eigenvalue weighted by molar-refractivity contribution is 0.124. The fourth-order valence-electron chi connectivity index (χ4n) is 3.14. The van der Waals surface area contributed by atoms with E-state index in [2.05, 4.69) is 59.4 Å². The predicted octanol–water partition coefficient (Wildman–Crippen LogP) is 2.81. The zero-order chi connectivity index (χ0) is 13.9. The number of rotatable bonds is 3. The molecule has 2 aromatic rings. The Hall–Kier alpha value is -1.45. The van der Waals surface area contributed by atoms with Gasteiger partial charge < -0.3 is 5.32 Å². The molecular weight excluding hydrogens is 246 g/mol. The van der Waals surface area contributed by atoms with Gasteiger partial charge in [-0.15, -0.1) is 0 Å². The maximum atomic E-state index is 4.46. The third-order valence-corrected chi connectivity index (χ3v) is 4.31. The Morgan fingerprint density at radius 3 is 3.00 bits per heavy atom. The summed E-state index contributed by atoms with van der Waals surface area (Å²) in [7, 11) is 0. The summed E-state index contributed by atoms with van der Waals surface area (Å²) in [6, 6.07) is 11.8. The van der Waals surface area contributed by atoms with Gasteiger partial charge in [0.15, 0.2) is 0 Å². The Kier molecular flexibility index (Phi) is 3.99. The van der Waals surface area contributed by atoms with Crippen LogP contribution in [-0.4, -0.2) is 35.1 Å². The maximum Gasteiger partial charge on any atom is 0.0705 e. The molecule has 106 valence electrons. The Labute approximate surface area is 121 Å². The normalized spacial score (nSPS) is 24.1. The molecule has 2 unspecified atom stereocenters. The Balaban J connectivity index is 1.88. The number of benzene rings is 1. The number of hydrogen-bond donors (Lipinski definition) is 1. The van der Waals surface area contributed by atoms with E-state index in [9.17, 15) is 0 Å². The number of para-hydroxylation sites is 1. The lowest BCUT2D eigenvalue weighted by atomic mass is 10.0. The van der Waals surface area contributed by atoms with E-state index in [-0.39, 0.29) is 0 Å². The largest absolute Gasteiger partial charge is 0.311 e. The lowest BCUT2D eigenvalue weighted by Gasteiger charge is -2.39. The molecule has 0 aliphatic carbocycles. The van der Waals surface area contributed by atoms with Crippen molar-refractivity contribution in [2.75, 3.05) is 13.1 Å². The summed E-state index contributed by atoms with van der Waals surface area (Å²) >= 11 is 0. The van der Waals surface area contributed by atoms with Crippen molar-refractivity contribution in [2.45, 2.75) is 38.9 Å². The average Bonchev–Trinajstić information content (AvgIpc) is 2.48. The number of hydrogen-bond acceptors (Lipinski definition) is 3. The lowest BCUT2D eigenvalue weighted by Crippen LogP contribution is -2.54. The molecule has 1 saturated heterocycles. The molecule has 3 heteroatoms. The smallest absolute Gasteiger partial charge is 0.0705 e. The second-order valence-corrected chi connectivity index (χ2v) is 5.79. The summed E-state index contributed by atoms with van der Waals surface area (Å²) in [5.41, 5.74) is 2.49. The first-order valence-electron chi connectivity index (χ1n) is 7.58. The maximum absolute atomic E-state index is 4.46. The van der Waals surface area contributed by atoms with E-state index in [1.807, 2.05) is 6.20 Å². The monoisotopic (exact) mass is 269 g/mol. The highest BCUT2D eigenvalue weighted by molar-refractivity contribution is 5.81. The molecule has 2 heterocycles. The summed E-state index contributed by atoms with van der Waals surface area (Å²) < 4.78 is 0. The van der Waals surface area contributed by atoms with E-state index < -0.39 is 0 Å². The number of nitrogens with one attached hydrogen (secondary N) is 1. The third kappa shape index (κ3) is 2.69. The van der Waals surface area contributed by atoms with Gasteiger partial charge in [0.25, 0.3) is 0 Å². The first kappa shape index (κ1) is 13.5. The topological polar surface area (TPSA) is 28.2 Å². The first-order valence-corrected chi connectivity index (χ1v) is 7.58. The number of fused-ring (bicyclic) bond motifs is 1. The zero-order valence-electron chi connectivity index (χ0n) is 12.3. The van der Waals surface area contributed by atoms with Crippen LogP contribution in [-0.2, 0) is 6.54 Å². The van der Waals surface area contributed by atoms with Crippen molar-refractivity contribution in [3.05, 3.63) is 42.1 Å². The van der Waals surface area contributed by atoms with Crippen LogP contribution in [0, 0.1) is 0 Å². The van der Waals surface area contributed by atoms with Gasteiger partial charge in [0.05, 0.1) is 5.52 Å². The van der Waals surface area contributed by atoms with E-state index in [0.29, 0.717) is 12.1 Å². The van der Waals surface area contributed by atoms with Crippen LogP contribution < -0.4 is 5.32 Å². The van der Waals surface area contributed by atoms with E-state index >= 15 is 0 Å². The van der Waals surface area contributed by atoms with Gasteiger partial charge in [0.2, 0.25) is 0 Å². The van der Waals surface area contributed by atoms with Gasteiger partial charge in [-0.25, -0.2) is 0 Å². The first-order chi connectivity index (χ1) is 9.78. The van der Waals surface area contributed by atoms with Crippen LogP contribution in [0.1, 0.15) is 25.8 Å². The van der Waals surface area contributed by atoms with Crippen LogP contribution in [0.3, 0.4) is 0 Å². The van der Waals surface area contributed by atoms with Crippen molar-refractivity contribution in [1.82, 2.24) is 15.2 Å². The summed E-state index contributed by atoms with van der Waals surface area (Å²) in [6.45, 7) is 7.78. The highest BCUT2D eigenvalue weighted by Crippen LogP contribution is 2.20. The summed E-state index contributed by atoms with van der Waals surface area (Å²) in [5.74, 6) is 0. The molecule has 0 amide bonds. The van der Waals surface area contributed by atoms with E-state index in [1.165, 1.54) is 17.4 Å². The van der Waals surface area contributed by atoms with Gasteiger partial charge in [-0.2, -0.15) is 0 Å². The van der Waals surface area contributed by atoms with Crippen LogP contribution in [0.2, 0.25) is 0 Å². The van der Waals surface area contributed by atoms with Gasteiger partial charge in [-0.1, -0.05) is 25.1 Å². The fraction of sp³-hybridized carbons (Fsp3) is 0.471. The number of nitrogens with zero attached hydrogens (tertiary/aromatic N) is 2. The second kappa shape index (κ2) is 5.90. The van der Waals surface area contributed by atoms with E-state index in [4.69, 9.17) is 0 Å². The Morgan fingerprint density at radius 1 is 1.30 bits per heavy atom. The molecule has 1 aliphatic heterocycles. The molecule has 0 bridgehead atoms. The van der Waals surface area contributed by atoms with Crippen LogP contribution in [0.25, 0.3) is 10.9 Å². The number of pyridine rings is 1. The second-order valence-electron chi connectivity index (χ2n) is 5.79. The molecule has 1 fully saturated rings. The van der Waals surface area contributed by atoms with Crippen molar-refractivity contribution in [3.63, 3.8) is 0 Å². The van der Waals surface area contributed by atoms with E-state index in [0.717, 1.165) is 25.2 Å². The third-order valence-electron chi connectivity index (χ3n) is 4.31. The molecule has 1 aromatic heterocycles. The van der Waals surface area contributed by atoms with Crippen molar-refractivity contribution in [3.8, 4) is 0 Å². The molecule has 2 atom stereocenters. The summed E-state index contributed by atoms with van der Waals surface area (Å²) in [6.07, 6.45) is 3.13. The molecule has 0 spiro atoms. The fourth-order valence-corrected chi connectivity index (χ4v) is 3.14. The Morgan fingerprint density at radius 2 is 2.15 bits per heavy atom.